The number of ether oxygens (including phenoxy) is 1. The van der Waals surface area contributed by atoms with Gasteiger partial charge in [-0.2, -0.15) is 0 Å². The summed E-state index contributed by atoms with van der Waals surface area (Å²) in [5.74, 6) is 1.37. The summed E-state index contributed by atoms with van der Waals surface area (Å²) in [5.41, 5.74) is 2.10. The van der Waals surface area contributed by atoms with E-state index in [1.807, 2.05) is 23.1 Å². The van der Waals surface area contributed by atoms with Gasteiger partial charge in [-0.15, -0.1) is 5.10 Å². The van der Waals surface area contributed by atoms with E-state index in [1.54, 1.807) is 19.2 Å². The van der Waals surface area contributed by atoms with E-state index in [0.717, 1.165) is 43.7 Å². The maximum Gasteiger partial charge on any atom is 0.293 e. The molecule has 7 heteroatoms. The molecule has 0 spiro atoms. The maximum atomic E-state index is 12.8. The number of likely N-dealkylation sites (tertiary alicyclic amines) is 1. The molecule has 2 heterocycles. The van der Waals surface area contributed by atoms with Gasteiger partial charge in [0.15, 0.2) is 0 Å². The van der Waals surface area contributed by atoms with Crippen LogP contribution in [0.1, 0.15) is 40.7 Å². The Kier molecular flexibility index (Phi) is 6.62. The Labute approximate surface area is 182 Å². The van der Waals surface area contributed by atoms with E-state index >= 15 is 0 Å². The van der Waals surface area contributed by atoms with E-state index in [-0.39, 0.29) is 18.3 Å². The lowest BCUT2D eigenvalue weighted by Gasteiger charge is -2.31. The van der Waals surface area contributed by atoms with E-state index in [2.05, 4.69) is 34.3 Å². The van der Waals surface area contributed by atoms with Crippen molar-refractivity contribution in [3.63, 3.8) is 0 Å². The standard InChI is InChI=1S/C24H28N4O3/c1-31-21-9-7-20(8-10-21)22(29)16-28-17-25-23(26-28)24(30)27-13-11-19(12-14-27)15-18-5-3-2-4-6-18/h2-10,17,19,22,29H,11-16H2,1H3. The first-order valence-corrected chi connectivity index (χ1v) is 10.7. The molecule has 1 fully saturated rings. The van der Waals surface area contributed by atoms with Crippen LogP contribution in [0.3, 0.4) is 0 Å². The SMILES string of the molecule is COc1ccc(C(O)Cn2cnc(C(=O)N3CCC(Cc4ccccc4)CC3)n2)cc1. The third kappa shape index (κ3) is 5.30. The van der Waals surface area contributed by atoms with E-state index in [1.165, 1.54) is 16.6 Å². The smallest absolute Gasteiger partial charge is 0.293 e. The third-order valence-electron chi connectivity index (χ3n) is 5.86. The Hall–Kier alpha value is -3.19. The van der Waals surface area contributed by atoms with Gasteiger partial charge < -0.3 is 14.7 Å². The molecule has 31 heavy (non-hydrogen) atoms. The van der Waals surface area contributed by atoms with Crippen LogP contribution in [0.25, 0.3) is 0 Å². The van der Waals surface area contributed by atoms with Gasteiger partial charge in [-0.25, -0.2) is 9.67 Å². The molecule has 1 aliphatic rings. The second-order valence-corrected chi connectivity index (χ2v) is 8.00. The quantitative estimate of drug-likeness (QED) is 0.635. The number of hydrogen-bond donors (Lipinski definition) is 1. The minimum absolute atomic E-state index is 0.143. The van der Waals surface area contributed by atoms with Gasteiger partial charge in [-0.1, -0.05) is 42.5 Å². The monoisotopic (exact) mass is 420 g/mol. The molecule has 1 N–H and O–H groups in total. The van der Waals surface area contributed by atoms with Crippen LogP contribution in [0.5, 0.6) is 5.75 Å². The summed E-state index contributed by atoms with van der Waals surface area (Å²) < 4.78 is 6.66. The van der Waals surface area contributed by atoms with E-state index < -0.39 is 6.10 Å². The number of aliphatic hydroxyl groups excluding tert-OH is 1. The van der Waals surface area contributed by atoms with Crippen LogP contribution in [0, 0.1) is 5.92 Å². The van der Waals surface area contributed by atoms with Gasteiger partial charge in [0, 0.05) is 13.1 Å². The van der Waals surface area contributed by atoms with Crippen LogP contribution >= 0.6 is 0 Å². The van der Waals surface area contributed by atoms with Crippen LogP contribution < -0.4 is 4.74 Å². The highest BCUT2D eigenvalue weighted by Crippen LogP contribution is 2.23. The van der Waals surface area contributed by atoms with Gasteiger partial charge in [-0.05, 0) is 48.4 Å². The highest BCUT2D eigenvalue weighted by molar-refractivity contribution is 5.90. The summed E-state index contributed by atoms with van der Waals surface area (Å²) in [7, 11) is 1.60. The van der Waals surface area contributed by atoms with Crippen molar-refractivity contribution in [1.29, 1.82) is 0 Å². The number of nitrogens with zero attached hydrogens (tertiary/aromatic N) is 4. The van der Waals surface area contributed by atoms with Crippen LogP contribution in [-0.2, 0) is 13.0 Å². The number of benzene rings is 2. The predicted molar refractivity (Wildman–Crippen MR) is 117 cm³/mol. The van der Waals surface area contributed by atoms with Crippen molar-refractivity contribution in [2.24, 2.45) is 5.92 Å². The number of hydrogen-bond acceptors (Lipinski definition) is 5. The summed E-state index contributed by atoms with van der Waals surface area (Å²) in [5, 5.41) is 14.8. The molecule has 0 radical (unpaired) electrons. The van der Waals surface area contributed by atoms with Crippen LogP contribution in [-0.4, -0.2) is 50.9 Å². The van der Waals surface area contributed by atoms with Gasteiger partial charge in [0.2, 0.25) is 5.82 Å². The van der Waals surface area contributed by atoms with Crippen molar-refractivity contribution in [2.75, 3.05) is 20.2 Å². The molecule has 3 aromatic rings. The Morgan fingerprint density at radius 1 is 1.13 bits per heavy atom. The van der Waals surface area contributed by atoms with Gasteiger partial charge in [0.05, 0.1) is 19.8 Å². The second-order valence-electron chi connectivity index (χ2n) is 8.00. The summed E-state index contributed by atoms with van der Waals surface area (Å²) in [6.45, 7) is 1.67. The molecule has 0 bridgehead atoms. The second kappa shape index (κ2) is 9.75. The van der Waals surface area contributed by atoms with Crippen molar-refractivity contribution in [2.45, 2.75) is 31.9 Å². The molecule has 0 aliphatic carbocycles. The molecule has 4 rings (SSSR count). The average Bonchev–Trinajstić information content (AvgIpc) is 3.28. The molecule has 7 nitrogen and oxygen atoms in total. The normalized spacial score (nSPS) is 15.6. The highest BCUT2D eigenvalue weighted by Gasteiger charge is 2.26. The Morgan fingerprint density at radius 2 is 1.84 bits per heavy atom. The zero-order chi connectivity index (χ0) is 21.6. The number of amides is 1. The molecule has 1 unspecified atom stereocenters. The van der Waals surface area contributed by atoms with E-state index in [9.17, 15) is 9.90 Å². The Bertz CT molecular complexity index is 980. The van der Waals surface area contributed by atoms with Crippen LogP contribution in [0.4, 0.5) is 0 Å². The zero-order valence-electron chi connectivity index (χ0n) is 17.7. The number of methoxy groups -OCH3 is 1. The van der Waals surface area contributed by atoms with Gasteiger partial charge in [-0.3, -0.25) is 4.79 Å². The molecule has 1 aliphatic heterocycles. The van der Waals surface area contributed by atoms with Crippen molar-refractivity contribution >= 4 is 5.91 Å². The third-order valence-corrected chi connectivity index (χ3v) is 5.86. The molecule has 1 saturated heterocycles. The van der Waals surface area contributed by atoms with Crippen molar-refractivity contribution in [1.82, 2.24) is 19.7 Å². The first-order chi connectivity index (χ1) is 15.1. The van der Waals surface area contributed by atoms with Crippen LogP contribution in [0.2, 0.25) is 0 Å². The fourth-order valence-corrected chi connectivity index (χ4v) is 4.02. The number of carbonyl (C=O) groups excluding carboxylic acids is 1. The molecule has 1 aromatic heterocycles. The molecule has 1 atom stereocenters. The molecule has 1 amide bonds. The number of rotatable bonds is 7. The minimum Gasteiger partial charge on any atom is -0.497 e. The predicted octanol–water partition coefficient (Wildman–Crippen LogP) is 3.12. The van der Waals surface area contributed by atoms with Crippen molar-refractivity contribution in [3.8, 4) is 5.75 Å². The van der Waals surface area contributed by atoms with Gasteiger partial charge in [0.25, 0.3) is 5.91 Å². The average molecular weight is 421 g/mol. The van der Waals surface area contributed by atoms with Gasteiger partial charge >= 0.3 is 0 Å². The molecular weight excluding hydrogens is 392 g/mol. The van der Waals surface area contributed by atoms with Crippen molar-refractivity contribution < 1.29 is 14.6 Å². The number of piperidine rings is 1. The fraction of sp³-hybridized carbons (Fsp3) is 0.375. The Balaban J connectivity index is 1.30. The lowest BCUT2D eigenvalue weighted by atomic mass is 9.90. The lowest BCUT2D eigenvalue weighted by Crippen LogP contribution is -2.39. The van der Waals surface area contributed by atoms with E-state index in [4.69, 9.17) is 4.74 Å². The number of aliphatic hydroxyl groups is 1. The number of aromatic nitrogens is 3. The minimum atomic E-state index is -0.746. The molecular formula is C24H28N4O3. The summed E-state index contributed by atoms with van der Waals surface area (Å²) in [6.07, 6.45) is 3.78. The molecule has 2 aromatic carbocycles. The van der Waals surface area contributed by atoms with Gasteiger partial charge in [0.1, 0.15) is 12.1 Å². The summed E-state index contributed by atoms with van der Waals surface area (Å²) in [4.78, 5) is 18.8. The summed E-state index contributed by atoms with van der Waals surface area (Å²) in [6, 6.07) is 17.7. The first kappa shape index (κ1) is 21.1. The largest absolute Gasteiger partial charge is 0.497 e. The highest BCUT2D eigenvalue weighted by atomic mass is 16.5. The Morgan fingerprint density at radius 3 is 2.52 bits per heavy atom. The van der Waals surface area contributed by atoms with E-state index in [0.29, 0.717) is 5.92 Å². The maximum absolute atomic E-state index is 12.8. The van der Waals surface area contributed by atoms with Crippen molar-refractivity contribution in [3.05, 3.63) is 77.9 Å². The number of carbonyl (C=O) groups is 1. The lowest BCUT2D eigenvalue weighted by molar-refractivity contribution is 0.0676. The molecule has 162 valence electrons. The topological polar surface area (TPSA) is 80.5 Å². The van der Waals surface area contributed by atoms with Crippen LogP contribution in [0.15, 0.2) is 60.9 Å². The zero-order valence-corrected chi connectivity index (χ0v) is 17.7. The molecule has 0 saturated carbocycles. The first-order valence-electron chi connectivity index (χ1n) is 10.7. The fourth-order valence-electron chi connectivity index (χ4n) is 4.02. The summed E-state index contributed by atoms with van der Waals surface area (Å²) >= 11 is 0.